The van der Waals surface area contributed by atoms with Crippen LogP contribution in [0.2, 0.25) is 0 Å². The van der Waals surface area contributed by atoms with Crippen LogP contribution >= 0.6 is 22.7 Å². The van der Waals surface area contributed by atoms with Gasteiger partial charge in [0.05, 0.1) is 4.88 Å². The summed E-state index contributed by atoms with van der Waals surface area (Å²) >= 11 is 2.95. The summed E-state index contributed by atoms with van der Waals surface area (Å²) in [6.07, 6.45) is 8.15. The van der Waals surface area contributed by atoms with Gasteiger partial charge in [-0.15, -0.1) is 22.7 Å². The van der Waals surface area contributed by atoms with E-state index >= 15 is 0 Å². The topological polar surface area (TPSA) is 54.9 Å². The van der Waals surface area contributed by atoms with Crippen molar-refractivity contribution in [3.05, 3.63) is 51.5 Å². The highest BCUT2D eigenvalue weighted by Gasteiger charge is 2.19. The summed E-state index contributed by atoms with van der Waals surface area (Å²) < 4.78 is 13.1. The minimum Gasteiger partial charge on any atom is -0.347 e. The zero-order valence-electron chi connectivity index (χ0n) is 14.0. The summed E-state index contributed by atoms with van der Waals surface area (Å²) in [5, 5.41) is 6.30. The summed E-state index contributed by atoms with van der Waals surface area (Å²) in [5.74, 6) is -0.233. The third-order valence-electron chi connectivity index (χ3n) is 3.48. The molecule has 0 spiro atoms. The fourth-order valence-corrected chi connectivity index (χ4v) is 4.11. The smallest absolute Gasteiger partial charge is 0.271 e. The van der Waals surface area contributed by atoms with E-state index in [0.717, 1.165) is 26.0 Å². The number of hydrogen-bond acceptors (Lipinski definition) is 5. The largest absolute Gasteiger partial charge is 0.347 e. The van der Waals surface area contributed by atoms with Gasteiger partial charge in [-0.2, -0.15) is 0 Å². The Morgan fingerprint density at radius 2 is 2.28 bits per heavy atom. The van der Waals surface area contributed by atoms with E-state index in [1.54, 1.807) is 12.3 Å². The first kappa shape index (κ1) is 17.7. The van der Waals surface area contributed by atoms with Gasteiger partial charge in [0.2, 0.25) is 0 Å². The molecule has 0 fully saturated rings. The van der Waals surface area contributed by atoms with E-state index < -0.39 is 6.17 Å². The van der Waals surface area contributed by atoms with Gasteiger partial charge in [-0.05, 0) is 25.5 Å². The third kappa shape index (κ3) is 4.49. The molecule has 2 heterocycles. The number of thiazole rings is 2. The second-order valence-electron chi connectivity index (χ2n) is 5.86. The predicted octanol–water partition coefficient (Wildman–Crippen LogP) is 4.64. The highest BCUT2D eigenvalue weighted by molar-refractivity contribution is 7.21. The molecule has 1 amide bonds. The van der Waals surface area contributed by atoms with Crippen molar-refractivity contribution in [1.82, 2.24) is 15.3 Å². The number of rotatable bonds is 5. The average molecular weight is 375 g/mol. The number of amides is 1. The second kappa shape index (κ2) is 7.84. The van der Waals surface area contributed by atoms with Crippen molar-refractivity contribution in [1.29, 1.82) is 0 Å². The fourth-order valence-electron chi connectivity index (χ4n) is 2.31. The zero-order valence-corrected chi connectivity index (χ0v) is 15.6. The number of nitrogens with one attached hydrogen (secondary N) is 1. The minimum atomic E-state index is -0.928. The van der Waals surface area contributed by atoms with E-state index in [2.05, 4.69) is 15.3 Å². The van der Waals surface area contributed by atoms with Crippen molar-refractivity contribution in [2.75, 3.05) is 6.54 Å². The maximum Gasteiger partial charge on any atom is 0.271 e. The van der Waals surface area contributed by atoms with Crippen molar-refractivity contribution < 1.29 is 9.18 Å². The Bertz CT molecular complexity index is 846. The summed E-state index contributed by atoms with van der Waals surface area (Å²) in [5.41, 5.74) is 2.40. The van der Waals surface area contributed by atoms with Crippen LogP contribution in [0.5, 0.6) is 0 Å². The first-order chi connectivity index (χ1) is 12.0. The number of hydrogen-bond donors (Lipinski definition) is 1. The van der Waals surface area contributed by atoms with Crippen LogP contribution in [0.15, 0.2) is 41.0 Å². The van der Waals surface area contributed by atoms with Crippen molar-refractivity contribution in [2.24, 2.45) is 0 Å². The molecule has 2 aromatic heterocycles. The Kier molecular flexibility index (Phi) is 5.55. The summed E-state index contributed by atoms with van der Waals surface area (Å²) in [4.78, 5) is 22.2. The van der Waals surface area contributed by atoms with Gasteiger partial charge in [0.1, 0.15) is 11.9 Å². The lowest BCUT2D eigenvalue weighted by molar-refractivity contribution is 0.0953. The van der Waals surface area contributed by atoms with E-state index in [4.69, 9.17) is 0 Å². The molecule has 1 aliphatic rings. The third-order valence-corrected chi connectivity index (χ3v) is 5.40. The van der Waals surface area contributed by atoms with Gasteiger partial charge in [-0.1, -0.05) is 23.8 Å². The van der Waals surface area contributed by atoms with Crippen LogP contribution in [0, 0.1) is 0 Å². The summed E-state index contributed by atoms with van der Waals surface area (Å²) in [7, 11) is 0. The molecule has 0 aromatic carbocycles. The van der Waals surface area contributed by atoms with Gasteiger partial charge in [-0.3, -0.25) is 4.79 Å². The SMILES string of the molecule is CC(C)=Cc1sc(-c2nccs2)nc1C(=O)NCC1=CCC(F)C=C1. The van der Waals surface area contributed by atoms with Crippen LogP contribution in [0.1, 0.15) is 35.6 Å². The zero-order chi connectivity index (χ0) is 17.8. The Morgan fingerprint density at radius 3 is 2.92 bits per heavy atom. The molecule has 1 atom stereocenters. The van der Waals surface area contributed by atoms with E-state index in [9.17, 15) is 9.18 Å². The first-order valence-corrected chi connectivity index (χ1v) is 9.57. The van der Waals surface area contributed by atoms with Gasteiger partial charge in [0, 0.05) is 24.5 Å². The maximum atomic E-state index is 13.1. The molecule has 0 radical (unpaired) electrons. The predicted molar refractivity (Wildman–Crippen MR) is 102 cm³/mol. The van der Waals surface area contributed by atoms with E-state index in [1.165, 1.54) is 28.7 Å². The van der Waals surface area contributed by atoms with Crippen LogP contribution in [0.4, 0.5) is 4.39 Å². The van der Waals surface area contributed by atoms with E-state index in [0.29, 0.717) is 18.7 Å². The number of aromatic nitrogens is 2. The lowest BCUT2D eigenvalue weighted by Gasteiger charge is -2.10. The highest BCUT2D eigenvalue weighted by atomic mass is 32.1. The van der Waals surface area contributed by atoms with Crippen LogP contribution < -0.4 is 5.32 Å². The Hall–Kier alpha value is -2.12. The molecule has 3 rings (SSSR count). The molecule has 4 nitrogen and oxygen atoms in total. The monoisotopic (exact) mass is 375 g/mol. The average Bonchev–Trinajstić information content (AvgIpc) is 3.23. The molecule has 0 saturated carbocycles. The molecule has 130 valence electrons. The number of allylic oxidation sites excluding steroid dienone is 3. The van der Waals surface area contributed by atoms with Gasteiger partial charge in [-0.25, -0.2) is 14.4 Å². The lowest BCUT2D eigenvalue weighted by Crippen LogP contribution is -2.26. The van der Waals surface area contributed by atoms with Crippen LogP contribution in [0.25, 0.3) is 16.1 Å². The molecule has 0 saturated heterocycles. The number of halogens is 1. The molecule has 1 aliphatic carbocycles. The first-order valence-electron chi connectivity index (χ1n) is 7.88. The maximum absolute atomic E-state index is 13.1. The molecule has 7 heteroatoms. The number of nitrogens with zero attached hydrogens (tertiary/aromatic N) is 2. The van der Waals surface area contributed by atoms with Crippen molar-refractivity contribution >= 4 is 34.7 Å². The van der Waals surface area contributed by atoms with Gasteiger partial charge in [0.25, 0.3) is 5.91 Å². The quantitative estimate of drug-likeness (QED) is 0.828. The molecule has 0 bridgehead atoms. The number of carbonyl (C=O) groups excluding carboxylic acids is 1. The van der Waals surface area contributed by atoms with Crippen molar-refractivity contribution in [2.45, 2.75) is 26.4 Å². The van der Waals surface area contributed by atoms with E-state index in [1.807, 2.05) is 31.4 Å². The Labute approximate surface area is 153 Å². The Balaban J connectivity index is 1.79. The molecule has 1 N–H and O–H groups in total. The molecule has 25 heavy (non-hydrogen) atoms. The van der Waals surface area contributed by atoms with Crippen molar-refractivity contribution in [3.63, 3.8) is 0 Å². The number of carbonyl (C=O) groups is 1. The van der Waals surface area contributed by atoms with Gasteiger partial charge < -0.3 is 5.32 Å². The minimum absolute atomic E-state index is 0.233. The molecule has 1 unspecified atom stereocenters. The van der Waals surface area contributed by atoms with Gasteiger partial charge >= 0.3 is 0 Å². The van der Waals surface area contributed by atoms with Crippen LogP contribution in [0.3, 0.4) is 0 Å². The number of alkyl halides is 1. The molecular weight excluding hydrogens is 357 g/mol. The van der Waals surface area contributed by atoms with Crippen LogP contribution in [-0.2, 0) is 0 Å². The summed E-state index contributed by atoms with van der Waals surface area (Å²) in [6.45, 7) is 4.32. The fraction of sp³-hybridized carbons (Fsp3) is 0.278. The molecule has 2 aromatic rings. The standard InChI is InChI=1S/C18H18FN3OS2/c1-11(2)9-14-15(22-18(25-14)17-20-7-8-24-17)16(23)21-10-12-3-5-13(19)6-4-12/h3-5,7-9,13H,6,10H2,1-2H3,(H,21,23). The molecule has 0 aliphatic heterocycles. The normalized spacial score (nSPS) is 16.4. The van der Waals surface area contributed by atoms with Crippen LogP contribution in [-0.4, -0.2) is 28.6 Å². The lowest BCUT2D eigenvalue weighted by atomic mass is 10.1. The Morgan fingerprint density at radius 1 is 1.44 bits per heavy atom. The van der Waals surface area contributed by atoms with Crippen molar-refractivity contribution in [3.8, 4) is 10.0 Å². The molecular formula is C18H18FN3OS2. The highest BCUT2D eigenvalue weighted by Crippen LogP contribution is 2.31. The van der Waals surface area contributed by atoms with E-state index in [-0.39, 0.29) is 5.91 Å². The van der Waals surface area contributed by atoms with Gasteiger partial charge in [0.15, 0.2) is 10.0 Å². The summed E-state index contributed by atoms with van der Waals surface area (Å²) in [6, 6.07) is 0. The second-order valence-corrected chi connectivity index (χ2v) is 7.79.